The van der Waals surface area contributed by atoms with E-state index in [9.17, 15) is 14.0 Å². The minimum atomic E-state index is -0.944. The van der Waals surface area contributed by atoms with Gasteiger partial charge in [0.1, 0.15) is 5.82 Å². The van der Waals surface area contributed by atoms with Crippen LogP contribution < -0.4 is 5.32 Å². The highest BCUT2D eigenvalue weighted by Crippen LogP contribution is 2.18. The van der Waals surface area contributed by atoms with Gasteiger partial charge in [-0.1, -0.05) is 43.7 Å². The van der Waals surface area contributed by atoms with Crippen LogP contribution in [0.1, 0.15) is 48.7 Å². The van der Waals surface area contributed by atoms with Crippen LogP contribution in [-0.4, -0.2) is 18.0 Å². The first-order valence-electron chi connectivity index (χ1n) is 8.33. The lowest BCUT2D eigenvalue weighted by Crippen LogP contribution is -2.38. The third-order valence-corrected chi connectivity index (χ3v) is 3.83. The van der Waals surface area contributed by atoms with E-state index in [2.05, 4.69) is 5.32 Å². The number of nitrogens with one attached hydrogen (secondary N) is 1. The molecule has 2 unspecified atom stereocenters. The van der Waals surface area contributed by atoms with Gasteiger partial charge < -0.3 is 10.1 Å². The van der Waals surface area contributed by atoms with E-state index in [1.165, 1.54) is 31.2 Å². The van der Waals surface area contributed by atoms with Crippen LogP contribution in [0.25, 0.3) is 0 Å². The molecule has 0 saturated carbocycles. The molecule has 1 amide bonds. The molecule has 5 heteroatoms. The van der Waals surface area contributed by atoms with E-state index in [1.807, 2.05) is 37.3 Å². The van der Waals surface area contributed by atoms with Crippen molar-refractivity contribution in [3.05, 3.63) is 71.5 Å². The third-order valence-electron chi connectivity index (χ3n) is 3.83. The van der Waals surface area contributed by atoms with Crippen molar-refractivity contribution in [2.45, 2.75) is 38.8 Å². The van der Waals surface area contributed by atoms with Gasteiger partial charge in [0.15, 0.2) is 6.10 Å². The van der Waals surface area contributed by atoms with Gasteiger partial charge in [0.2, 0.25) is 0 Å². The second-order valence-corrected chi connectivity index (χ2v) is 5.81. The fourth-order valence-electron chi connectivity index (χ4n) is 2.45. The average molecular weight is 343 g/mol. The molecular weight excluding hydrogens is 321 g/mol. The van der Waals surface area contributed by atoms with Gasteiger partial charge >= 0.3 is 5.97 Å². The highest BCUT2D eigenvalue weighted by atomic mass is 19.1. The molecule has 2 aromatic carbocycles. The van der Waals surface area contributed by atoms with Gasteiger partial charge in [-0.25, -0.2) is 9.18 Å². The Kier molecular flexibility index (Phi) is 6.69. The number of rotatable bonds is 7. The number of amides is 1. The molecule has 0 aliphatic heterocycles. The first kappa shape index (κ1) is 18.6. The van der Waals surface area contributed by atoms with Gasteiger partial charge in [-0.3, -0.25) is 4.79 Å². The zero-order chi connectivity index (χ0) is 18.2. The molecule has 2 aromatic rings. The maximum atomic E-state index is 12.9. The normalized spacial score (nSPS) is 12.9. The van der Waals surface area contributed by atoms with Crippen molar-refractivity contribution in [2.75, 3.05) is 0 Å². The van der Waals surface area contributed by atoms with Crippen LogP contribution in [0.5, 0.6) is 0 Å². The van der Waals surface area contributed by atoms with E-state index in [-0.39, 0.29) is 17.5 Å². The minimum absolute atomic E-state index is 0.134. The topological polar surface area (TPSA) is 55.4 Å². The number of halogens is 1. The Labute approximate surface area is 147 Å². The van der Waals surface area contributed by atoms with Gasteiger partial charge in [-0.15, -0.1) is 0 Å². The number of carbonyl (C=O) groups excluding carboxylic acids is 2. The van der Waals surface area contributed by atoms with Crippen molar-refractivity contribution >= 4 is 11.9 Å². The molecular formula is C20H22FNO3. The smallest absolute Gasteiger partial charge is 0.338 e. The summed E-state index contributed by atoms with van der Waals surface area (Å²) in [6.07, 6.45) is 0.749. The largest absolute Gasteiger partial charge is 0.449 e. The Morgan fingerprint density at radius 2 is 1.72 bits per heavy atom. The summed E-state index contributed by atoms with van der Waals surface area (Å²) in [5.74, 6) is -1.46. The lowest BCUT2D eigenvalue weighted by atomic mass is 10.0. The summed E-state index contributed by atoms with van der Waals surface area (Å²) in [5.41, 5.74) is 1.21. The van der Waals surface area contributed by atoms with Crippen LogP contribution in [-0.2, 0) is 9.53 Å². The highest BCUT2D eigenvalue weighted by Gasteiger charge is 2.22. The molecule has 1 N–H and O–H groups in total. The van der Waals surface area contributed by atoms with E-state index < -0.39 is 17.9 Å². The van der Waals surface area contributed by atoms with E-state index in [0.29, 0.717) is 0 Å². The maximum Gasteiger partial charge on any atom is 0.338 e. The van der Waals surface area contributed by atoms with Gasteiger partial charge in [-0.2, -0.15) is 0 Å². The summed E-state index contributed by atoms with van der Waals surface area (Å²) in [6, 6.07) is 14.5. The molecule has 0 heterocycles. The molecule has 0 bridgehead atoms. The molecule has 0 aliphatic carbocycles. The molecule has 0 fully saturated rings. The number of ether oxygens (including phenoxy) is 1. The van der Waals surface area contributed by atoms with Crippen LogP contribution in [0, 0.1) is 5.82 Å². The SMILES string of the molecule is CCCC(NC(=O)C(C)OC(=O)c1ccc(F)cc1)c1ccccc1. The molecule has 25 heavy (non-hydrogen) atoms. The maximum absolute atomic E-state index is 12.9. The van der Waals surface area contributed by atoms with Crippen LogP contribution in [0.4, 0.5) is 4.39 Å². The van der Waals surface area contributed by atoms with Crippen molar-refractivity contribution in [3.8, 4) is 0 Å². The lowest BCUT2D eigenvalue weighted by Gasteiger charge is -2.21. The molecule has 0 aliphatic rings. The quantitative estimate of drug-likeness (QED) is 0.772. The Hall–Kier alpha value is -2.69. The summed E-state index contributed by atoms with van der Waals surface area (Å²) in [7, 11) is 0. The summed E-state index contributed by atoms with van der Waals surface area (Å²) >= 11 is 0. The van der Waals surface area contributed by atoms with Crippen molar-refractivity contribution in [1.29, 1.82) is 0 Å². The predicted molar refractivity (Wildman–Crippen MR) is 93.5 cm³/mol. The van der Waals surface area contributed by atoms with Crippen LogP contribution >= 0.6 is 0 Å². The van der Waals surface area contributed by atoms with Crippen LogP contribution in [0.2, 0.25) is 0 Å². The number of esters is 1. The monoisotopic (exact) mass is 343 g/mol. The second kappa shape index (κ2) is 8.97. The van der Waals surface area contributed by atoms with Crippen molar-refractivity contribution < 1.29 is 18.7 Å². The summed E-state index contributed by atoms with van der Waals surface area (Å²) < 4.78 is 18.1. The molecule has 0 saturated heterocycles. The molecule has 2 rings (SSSR count). The Morgan fingerprint density at radius 3 is 2.32 bits per heavy atom. The zero-order valence-electron chi connectivity index (χ0n) is 14.4. The van der Waals surface area contributed by atoms with Crippen LogP contribution in [0.15, 0.2) is 54.6 Å². The van der Waals surface area contributed by atoms with Crippen molar-refractivity contribution in [3.63, 3.8) is 0 Å². The Balaban J connectivity index is 1.98. The van der Waals surface area contributed by atoms with Crippen molar-refractivity contribution in [1.82, 2.24) is 5.32 Å². The number of carbonyl (C=O) groups is 2. The van der Waals surface area contributed by atoms with Gasteiger partial charge in [0, 0.05) is 0 Å². The van der Waals surface area contributed by atoms with Gasteiger partial charge in [-0.05, 0) is 43.2 Å². The number of benzene rings is 2. The van der Waals surface area contributed by atoms with E-state index in [4.69, 9.17) is 4.74 Å². The molecule has 0 radical (unpaired) electrons. The zero-order valence-corrected chi connectivity index (χ0v) is 14.4. The van der Waals surface area contributed by atoms with Gasteiger partial charge in [0.05, 0.1) is 11.6 Å². The molecule has 4 nitrogen and oxygen atoms in total. The highest BCUT2D eigenvalue weighted by molar-refractivity contribution is 5.92. The summed E-state index contributed by atoms with van der Waals surface area (Å²) in [6.45, 7) is 3.56. The number of hydrogen-bond donors (Lipinski definition) is 1. The van der Waals surface area contributed by atoms with E-state index >= 15 is 0 Å². The average Bonchev–Trinajstić information content (AvgIpc) is 2.62. The Morgan fingerprint density at radius 1 is 1.08 bits per heavy atom. The fourth-order valence-corrected chi connectivity index (χ4v) is 2.45. The van der Waals surface area contributed by atoms with E-state index in [1.54, 1.807) is 0 Å². The molecule has 2 atom stereocenters. The number of hydrogen-bond acceptors (Lipinski definition) is 3. The van der Waals surface area contributed by atoms with E-state index in [0.717, 1.165) is 18.4 Å². The minimum Gasteiger partial charge on any atom is -0.449 e. The third kappa shape index (κ3) is 5.41. The first-order chi connectivity index (χ1) is 12.0. The standard InChI is InChI=1S/C20H22FNO3/c1-3-7-18(15-8-5-4-6-9-15)22-19(23)14(2)25-20(24)16-10-12-17(21)13-11-16/h4-6,8-14,18H,3,7H2,1-2H3,(H,22,23). The fraction of sp³-hybridized carbons (Fsp3) is 0.300. The molecule has 132 valence electrons. The first-order valence-corrected chi connectivity index (χ1v) is 8.33. The second-order valence-electron chi connectivity index (χ2n) is 5.81. The van der Waals surface area contributed by atoms with Gasteiger partial charge in [0.25, 0.3) is 5.91 Å². The van der Waals surface area contributed by atoms with Crippen molar-refractivity contribution in [2.24, 2.45) is 0 Å². The molecule has 0 aromatic heterocycles. The summed E-state index contributed by atoms with van der Waals surface area (Å²) in [4.78, 5) is 24.4. The van der Waals surface area contributed by atoms with Crippen LogP contribution in [0.3, 0.4) is 0 Å². The lowest BCUT2D eigenvalue weighted by molar-refractivity contribution is -0.129. The summed E-state index contributed by atoms with van der Waals surface area (Å²) in [5, 5.41) is 2.92. The Bertz CT molecular complexity index is 701. The molecule has 0 spiro atoms. The predicted octanol–water partition coefficient (Wildman–Crippen LogP) is 4.03.